The van der Waals surface area contributed by atoms with Gasteiger partial charge in [-0.2, -0.15) is 8.78 Å². The number of methoxy groups -OCH3 is 1. The number of benzene rings is 1. The fourth-order valence-corrected chi connectivity index (χ4v) is 1.89. The van der Waals surface area contributed by atoms with Gasteiger partial charge in [0, 0.05) is 0 Å². The van der Waals surface area contributed by atoms with Crippen molar-refractivity contribution in [1.29, 1.82) is 0 Å². The van der Waals surface area contributed by atoms with Crippen molar-refractivity contribution in [2.75, 3.05) is 20.5 Å². The van der Waals surface area contributed by atoms with Crippen molar-refractivity contribution >= 4 is 5.97 Å². The lowest BCUT2D eigenvalue weighted by Gasteiger charge is -2.22. The van der Waals surface area contributed by atoms with E-state index in [2.05, 4.69) is 4.74 Å². The zero-order valence-electron chi connectivity index (χ0n) is 11.5. The van der Waals surface area contributed by atoms with E-state index in [1.807, 2.05) is 0 Å². The third-order valence-electron chi connectivity index (χ3n) is 2.98. The number of ether oxygens (including phenoxy) is 4. The molecule has 0 radical (unpaired) electrons. The average molecular weight is 303 g/mol. The Morgan fingerprint density at radius 1 is 1.48 bits per heavy atom. The van der Waals surface area contributed by atoms with E-state index in [4.69, 9.17) is 19.9 Å². The molecule has 21 heavy (non-hydrogen) atoms. The van der Waals surface area contributed by atoms with E-state index in [0.29, 0.717) is 5.75 Å². The monoisotopic (exact) mass is 303 g/mol. The van der Waals surface area contributed by atoms with Crippen LogP contribution in [0.4, 0.5) is 8.78 Å². The number of esters is 1. The molecule has 2 rings (SSSR count). The normalized spacial score (nSPS) is 14.7. The first kappa shape index (κ1) is 15.3. The Hall–Kier alpha value is -2.09. The number of alkyl halides is 2. The van der Waals surface area contributed by atoms with Crippen LogP contribution in [-0.4, -0.2) is 32.4 Å². The molecule has 1 aliphatic rings. The summed E-state index contributed by atoms with van der Waals surface area (Å²) in [7, 11) is 1.36. The molecular weight excluding hydrogens is 288 g/mol. The quantitative estimate of drug-likeness (QED) is 0.833. The molecule has 116 valence electrons. The highest BCUT2D eigenvalue weighted by molar-refractivity contribution is 5.79. The van der Waals surface area contributed by atoms with Gasteiger partial charge in [-0.25, -0.2) is 4.79 Å². The van der Waals surface area contributed by atoms with E-state index in [-0.39, 0.29) is 30.5 Å². The summed E-state index contributed by atoms with van der Waals surface area (Å²) in [5.74, 6) is -4.79. The first-order chi connectivity index (χ1) is 9.91. The van der Waals surface area contributed by atoms with Crippen LogP contribution >= 0.6 is 0 Å². The van der Waals surface area contributed by atoms with Gasteiger partial charge in [-0.1, -0.05) is 0 Å². The van der Waals surface area contributed by atoms with Crippen LogP contribution in [0.2, 0.25) is 0 Å². The van der Waals surface area contributed by atoms with Crippen molar-refractivity contribution in [2.24, 2.45) is 5.73 Å². The van der Waals surface area contributed by atoms with Crippen LogP contribution in [0.1, 0.15) is 18.5 Å². The molecule has 8 heteroatoms. The maximum absolute atomic E-state index is 14.0. The fraction of sp³-hybridized carbons (Fsp3) is 0.462. The van der Waals surface area contributed by atoms with Gasteiger partial charge < -0.3 is 24.7 Å². The Morgan fingerprint density at radius 2 is 2.19 bits per heavy atom. The van der Waals surface area contributed by atoms with Crippen LogP contribution in [0, 0.1) is 0 Å². The predicted molar refractivity (Wildman–Crippen MR) is 67.6 cm³/mol. The second-order valence-corrected chi connectivity index (χ2v) is 4.28. The Bertz CT molecular complexity index is 550. The molecule has 0 spiro atoms. The maximum atomic E-state index is 14.0. The number of halogens is 2. The molecular formula is C13H15F2NO5. The molecule has 1 atom stereocenters. The van der Waals surface area contributed by atoms with Crippen LogP contribution in [0.15, 0.2) is 12.1 Å². The molecule has 1 aromatic rings. The van der Waals surface area contributed by atoms with Gasteiger partial charge in [-0.05, 0) is 24.6 Å². The Kier molecular flexibility index (Phi) is 4.17. The van der Waals surface area contributed by atoms with Crippen LogP contribution in [-0.2, 0) is 9.53 Å². The SMILES string of the molecule is CCOC(=O)C(F)(F)[C@H](N)c1cc(OC)c2c(c1)OCO2. The number of hydrogen-bond acceptors (Lipinski definition) is 6. The number of hydrogen-bond donors (Lipinski definition) is 1. The summed E-state index contributed by atoms with van der Waals surface area (Å²) < 4.78 is 47.6. The van der Waals surface area contributed by atoms with Crippen LogP contribution in [0.5, 0.6) is 17.2 Å². The lowest BCUT2D eigenvalue weighted by molar-refractivity contribution is -0.174. The standard InChI is InChI=1S/C13H15F2NO5/c1-3-19-12(17)13(14,15)11(16)7-4-8(18-2)10-9(5-7)20-6-21-10/h4-5,11H,3,6,16H2,1-2H3/t11-/m1/s1. The molecule has 0 bridgehead atoms. The van der Waals surface area contributed by atoms with Crippen molar-refractivity contribution in [1.82, 2.24) is 0 Å². The van der Waals surface area contributed by atoms with E-state index < -0.39 is 17.9 Å². The van der Waals surface area contributed by atoms with E-state index in [0.717, 1.165) is 0 Å². The van der Waals surface area contributed by atoms with Crippen molar-refractivity contribution in [2.45, 2.75) is 18.9 Å². The van der Waals surface area contributed by atoms with Gasteiger partial charge in [0.2, 0.25) is 12.5 Å². The van der Waals surface area contributed by atoms with Gasteiger partial charge in [-0.15, -0.1) is 0 Å². The highest BCUT2D eigenvalue weighted by atomic mass is 19.3. The molecule has 1 aromatic carbocycles. The summed E-state index contributed by atoms with van der Waals surface area (Å²) in [5.41, 5.74) is 5.50. The number of rotatable bonds is 5. The Labute approximate surface area is 119 Å². The molecule has 0 unspecified atom stereocenters. The van der Waals surface area contributed by atoms with Gasteiger partial charge in [0.15, 0.2) is 11.5 Å². The lowest BCUT2D eigenvalue weighted by Crippen LogP contribution is -2.41. The molecule has 0 fully saturated rings. The van der Waals surface area contributed by atoms with Crippen LogP contribution < -0.4 is 19.9 Å². The third-order valence-corrected chi connectivity index (χ3v) is 2.98. The minimum Gasteiger partial charge on any atom is -0.493 e. The van der Waals surface area contributed by atoms with Crippen molar-refractivity contribution in [3.05, 3.63) is 17.7 Å². The lowest BCUT2D eigenvalue weighted by atomic mass is 10.0. The predicted octanol–water partition coefficient (Wildman–Crippen LogP) is 1.62. The second kappa shape index (κ2) is 5.72. The van der Waals surface area contributed by atoms with Gasteiger partial charge in [0.25, 0.3) is 0 Å². The van der Waals surface area contributed by atoms with Gasteiger partial charge in [-0.3, -0.25) is 0 Å². The third kappa shape index (κ3) is 2.71. The van der Waals surface area contributed by atoms with Crippen molar-refractivity contribution in [3.63, 3.8) is 0 Å². The fourth-order valence-electron chi connectivity index (χ4n) is 1.89. The zero-order valence-corrected chi connectivity index (χ0v) is 11.5. The van der Waals surface area contributed by atoms with Crippen molar-refractivity contribution in [3.8, 4) is 17.2 Å². The Morgan fingerprint density at radius 3 is 2.81 bits per heavy atom. The number of carbonyl (C=O) groups is 1. The topological polar surface area (TPSA) is 80.0 Å². The molecule has 0 aromatic heterocycles. The van der Waals surface area contributed by atoms with Gasteiger partial charge >= 0.3 is 11.9 Å². The number of carbonyl (C=O) groups excluding carboxylic acids is 1. The molecule has 0 amide bonds. The summed E-state index contributed by atoms with van der Waals surface area (Å²) >= 11 is 0. The number of fused-ring (bicyclic) bond motifs is 1. The number of nitrogens with two attached hydrogens (primary N) is 1. The van der Waals surface area contributed by atoms with E-state index in [1.165, 1.54) is 26.2 Å². The molecule has 2 N–H and O–H groups in total. The van der Waals surface area contributed by atoms with Gasteiger partial charge in [0.05, 0.1) is 13.7 Å². The second-order valence-electron chi connectivity index (χ2n) is 4.28. The van der Waals surface area contributed by atoms with Gasteiger partial charge in [0.1, 0.15) is 6.04 Å². The molecule has 0 saturated carbocycles. The zero-order chi connectivity index (χ0) is 15.6. The van der Waals surface area contributed by atoms with Crippen LogP contribution in [0.3, 0.4) is 0 Å². The Balaban J connectivity index is 2.35. The van der Waals surface area contributed by atoms with E-state index in [1.54, 1.807) is 0 Å². The largest absolute Gasteiger partial charge is 0.493 e. The smallest absolute Gasteiger partial charge is 0.379 e. The molecule has 6 nitrogen and oxygen atoms in total. The van der Waals surface area contributed by atoms with Crippen LogP contribution in [0.25, 0.3) is 0 Å². The van der Waals surface area contributed by atoms with E-state index in [9.17, 15) is 13.6 Å². The average Bonchev–Trinajstić information content (AvgIpc) is 2.93. The molecule has 0 aliphatic carbocycles. The summed E-state index contributed by atoms with van der Waals surface area (Å²) in [6.07, 6.45) is 0. The molecule has 1 heterocycles. The first-order valence-corrected chi connectivity index (χ1v) is 6.20. The minimum absolute atomic E-state index is 0.0193. The summed E-state index contributed by atoms with van der Waals surface area (Å²) in [6, 6.07) is 0.688. The highest BCUT2D eigenvalue weighted by Gasteiger charge is 2.48. The van der Waals surface area contributed by atoms with Crippen molar-refractivity contribution < 1.29 is 32.5 Å². The first-order valence-electron chi connectivity index (χ1n) is 6.20. The maximum Gasteiger partial charge on any atom is 0.379 e. The highest BCUT2D eigenvalue weighted by Crippen LogP contribution is 2.44. The summed E-state index contributed by atoms with van der Waals surface area (Å²) in [4.78, 5) is 11.3. The summed E-state index contributed by atoms with van der Waals surface area (Å²) in [6.45, 7) is 1.23. The van der Waals surface area contributed by atoms with E-state index >= 15 is 0 Å². The molecule has 1 aliphatic heterocycles. The summed E-state index contributed by atoms with van der Waals surface area (Å²) in [5, 5.41) is 0. The minimum atomic E-state index is -3.87. The molecule has 0 saturated heterocycles.